The molecule has 0 saturated heterocycles. The first-order chi connectivity index (χ1) is 8.00. The average molecular weight is 516 g/mol. The number of carboxylic acids is 1. The summed E-state index contributed by atoms with van der Waals surface area (Å²) in [6, 6.07) is 4.78. The average Bonchev–Trinajstić information content (AvgIpc) is 2.74. The Hall–Kier alpha value is 0.903. The van der Waals surface area contributed by atoms with Crippen LogP contribution in [0.5, 0.6) is 0 Å². The third-order valence-corrected chi connectivity index (χ3v) is 5.01. The molecule has 0 aliphatic carbocycles. The van der Waals surface area contributed by atoms with Crippen LogP contribution in [0.4, 0.5) is 0 Å². The quantitative estimate of drug-likeness (QED) is 0.599. The summed E-state index contributed by atoms with van der Waals surface area (Å²) in [5.74, 6) is -1.19. The van der Waals surface area contributed by atoms with E-state index in [0.717, 1.165) is 0 Å². The summed E-state index contributed by atoms with van der Waals surface area (Å²) in [6.07, 6.45) is 1.72. The second kappa shape index (κ2) is 5.91. The van der Waals surface area contributed by atoms with Crippen LogP contribution in [0.15, 0.2) is 24.4 Å². The van der Waals surface area contributed by atoms with E-state index in [-0.39, 0.29) is 111 Å². The van der Waals surface area contributed by atoms with Crippen molar-refractivity contribution in [2.45, 2.75) is 0 Å². The van der Waals surface area contributed by atoms with E-state index in [9.17, 15) is 9.59 Å². The van der Waals surface area contributed by atoms with E-state index in [1.165, 1.54) is 6.07 Å². The van der Waals surface area contributed by atoms with Gasteiger partial charge < -0.3 is 0 Å². The molecule has 8 heteroatoms. The second-order valence-corrected chi connectivity index (χ2v) is 30.7. The molecule has 0 aliphatic rings. The number of aromatic nitrogens is 2. The van der Waals surface area contributed by atoms with E-state index in [4.69, 9.17) is 5.11 Å². The number of carbonyl (C=O) groups excluding carboxylic acids is 1. The van der Waals surface area contributed by atoms with Gasteiger partial charge in [-0.3, -0.25) is 0 Å². The first-order valence-corrected chi connectivity index (χ1v) is 10.8. The van der Waals surface area contributed by atoms with E-state index >= 15 is 0 Å². The van der Waals surface area contributed by atoms with Crippen molar-refractivity contribution in [1.82, 2.24) is 3.56 Å². The number of hydrogen-bond donors (Lipinski definition) is 1. The van der Waals surface area contributed by atoms with Gasteiger partial charge >= 0.3 is 171 Å². The predicted octanol–water partition coefficient (Wildman–Crippen LogP) is -0.245. The zero-order valence-electron chi connectivity index (χ0n) is 9.41. The van der Waals surface area contributed by atoms with Crippen molar-refractivity contribution in [2.24, 2.45) is 0 Å². The molecule has 1 N–H and O–H groups in total. The van der Waals surface area contributed by atoms with Gasteiger partial charge in [0.25, 0.3) is 0 Å². The Balaban J connectivity index is 2.71. The number of nitrogens with zero attached hydrogens (tertiary/aromatic N) is 3. The first-order valence-electron chi connectivity index (χ1n) is 4.94. The Morgan fingerprint density at radius 1 is 1.53 bits per heavy atom. The molecule has 1 amide bonds. The summed E-state index contributed by atoms with van der Waals surface area (Å²) in [7, 11) is 0. The van der Waals surface area contributed by atoms with Crippen molar-refractivity contribution >= 4 is 73.5 Å². The van der Waals surface area contributed by atoms with E-state index in [1.54, 1.807) is 22.7 Å². The van der Waals surface area contributed by atoms with Gasteiger partial charge in [0.2, 0.25) is 0 Å². The van der Waals surface area contributed by atoms with Gasteiger partial charge in [-0.15, -0.1) is 0 Å². The van der Waals surface area contributed by atoms with Crippen LogP contribution < -0.4 is 0 Å². The molecule has 6 nitrogen and oxygen atoms in total. The summed E-state index contributed by atoms with van der Waals surface area (Å²) >= 11 is 0.120. The Labute approximate surface area is 167 Å². The molecule has 0 saturated carbocycles. The molecule has 2 aromatic heterocycles. The number of hydrogen-bond acceptors (Lipinski definition) is 3. The van der Waals surface area contributed by atoms with Gasteiger partial charge in [-0.25, -0.2) is 0 Å². The standard InChI is InChI=1S/C9H5N3O3.Ra.Rb.H/c10-8(13)6-4-5(9(14)15)11-7-2-1-3-12(6)7;;;/h1-4H,(H,14,15);;;. The van der Waals surface area contributed by atoms with Crippen LogP contribution in [0, 0.1) is 43.2 Å². The predicted molar refractivity (Wildman–Crippen MR) is 55.5 cm³/mol. The maximum absolute atomic E-state index is 12.0. The molecule has 0 radical (unpaired) electrons. The fourth-order valence-corrected chi connectivity index (χ4v) is 3.03. The molecule has 17 heavy (non-hydrogen) atoms. The minimum absolute atomic E-state index is 0.0175. The normalized spacial score (nSPS) is 10.4. The van der Waals surface area contributed by atoms with Crippen molar-refractivity contribution in [3.8, 4) is 0 Å². The number of carboxylic acid groups (broad SMARTS) is 1. The van der Waals surface area contributed by atoms with Gasteiger partial charge in [0.15, 0.2) is 0 Å². The van der Waals surface area contributed by atoms with Crippen LogP contribution in [0.1, 0.15) is 21.0 Å². The number of fused-ring (bicyclic) bond motifs is 1. The number of rotatable bonds is 2. The first kappa shape index (κ1) is 14.3. The van der Waals surface area contributed by atoms with Crippen molar-refractivity contribution in [3.63, 3.8) is 0 Å². The van der Waals surface area contributed by atoms with Crippen molar-refractivity contribution in [1.29, 1.82) is 0 Å². The summed E-state index contributed by atoms with van der Waals surface area (Å²) in [6.45, 7) is 0. The van der Waals surface area contributed by atoms with Crippen LogP contribution in [0.2, 0.25) is 0 Å². The van der Waals surface area contributed by atoms with Gasteiger partial charge in [0.05, 0.1) is 0 Å². The fraction of sp³-hybridized carbons (Fsp3) is 0. The van der Waals surface area contributed by atoms with Crippen LogP contribution in [-0.4, -0.2) is 76.6 Å². The molecule has 0 bridgehead atoms. The van der Waals surface area contributed by atoms with Gasteiger partial charge in [-0.2, -0.15) is 0 Å². The summed E-state index contributed by atoms with van der Waals surface area (Å²) in [5, 5.41) is 8.96. The van der Waals surface area contributed by atoms with E-state index in [2.05, 4.69) is 4.98 Å². The van der Waals surface area contributed by atoms with Crippen molar-refractivity contribution in [3.05, 3.63) is 35.8 Å². The summed E-state index contributed by atoms with van der Waals surface area (Å²) < 4.78 is 3.46. The molecule has 0 fully saturated rings. The van der Waals surface area contributed by atoms with E-state index in [1.807, 2.05) is -5.82 Å². The third kappa shape index (κ3) is 3.08. The second-order valence-electron chi connectivity index (χ2n) is 3.77. The molecule has 0 unspecified atom stereocenters. The number of amides is 1. The molecule has 2 rings (SSSR count). The van der Waals surface area contributed by atoms with Crippen LogP contribution in [0.3, 0.4) is 0 Å². The van der Waals surface area contributed by atoms with E-state index in [0.29, 0.717) is 11.3 Å². The van der Waals surface area contributed by atoms with Gasteiger partial charge in [-0.05, 0) is 0 Å². The molecular weight excluding hydrogens is 510 g/mol. The van der Waals surface area contributed by atoms with Crippen molar-refractivity contribution < 1.29 is 57.9 Å². The molecule has 0 spiro atoms. The van der Waals surface area contributed by atoms with Gasteiger partial charge in [0.1, 0.15) is 0 Å². The molecule has 0 aliphatic heterocycles. The molecule has 0 aromatic carbocycles. The zero-order chi connectivity index (χ0) is 12.6. The van der Waals surface area contributed by atoms with Crippen LogP contribution in [-0.2, 0) is 0 Å². The number of aromatic carboxylic acids is 1. The minimum atomic E-state index is -1.12. The SMILES string of the molecule is O=C(O)c1cc(C(=O)[N]([Rb])[RaH])n2cccc2n1. The van der Waals surface area contributed by atoms with Crippen LogP contribution >= 0.6 is 0 Å². The Kier molecular flexibility index (Phi) is 4.97. The summed E-state index contributed by atoms with van der Waals surface area (Å²) in [4.78, 5) is 26.9. The molecule has 2 heterocycles. The molecule has 2 aromatic rings. The number of carbonyl (C=O) groups is 2. The maximum atomic E-state index is 12.0. The monoisotopic (exact) mass is 515 g/mol. The van der Waals surface area contributed by atoms with Gasteiger partial charge in [-0.1, -0.05) is 0 Å². The Morgan fingerprint density at radius 2 is 2.24 bits per heavy atom. The van der Waals surface area contributed by atoms with Gasteiger partial charge in [0, 0.05) is 0 Å². The summed E-state index contributed by atoms with van der Waals surface area (Å²) in [5.41, 5.74) is 0.790. The van der Waals surface area contributed by atoms with Crippen LogP contribution in [0.25, 0.3) is 5.65 Å². The molecular formula is C9H6N3O3RaRb. The fourth-order valence-electron chi connectivity index (χ4n) is 1.52. The Morgan fingerprint density at radius 3 is 2.82 bits per heavy atom. The molecule has 78 valence electrons. The van der Waals surface area contributed by atoms with Crippen molar-refractivity contribution in [2.75, 3.05) is 0 Å². The van der Waals surface area contributed by atoms with E-state index < -0.39 is 5.97 Å². The zero-order valence-corrected chi connectivity index (χ0v) is 22.6. The third-order valence-electron chi connectivity index (χ3n) is 2.34. The molecule has 0 atom stereocenters. The Bertz CT molecular complexity index is 611. The topological polar surface area (TPSA) is 74.9 Å².